The quantitative estimate of drug-likeness (QED) is 0.909. The molecule has 0 amide bonds. The highest BCUT2D eigenvalue weighted by Crippen LogP contribution is 2.36. The molecule has 1 fully saturated rings. The van der Waals surface area contributed by atoms with E-state index in [1.807, 2.05) is 30.5 Å². The molecule has 0 atom stereocenters. The van der Waals surface area contributed by atoms with Crippen LogP contribution in [0.25, 0.3) is 11.1 Å². The maximum Gasteiger partial charge on any atom is 0.354 e. The highest BCUT2D eigenvalue weighted by atomic mass is 79.9. The molecule has 1 N–H and O–H groups in total. The van der Waals surface area contributed by atoms with Crippen LogP contribution in [-0.2, 0) is 11.8 Å². The number of ether oxygens (including phenoxy) is 1. The van der Waals surface area contributed by atoms with Crippen molar-refractivity contribution in [3.8, 4) is 11.1 Å². The maximum atomic E-state index is 11.7. The van der Waals surface area contributed by atoms with E-state index in [0.717, 1.165) is 21.3 Å². The van der Waals surface area contributed by atoms with E-state index < -0.39 is 5.97 Å². The van der Waals surface area contributed by atoms with E-state index in [4.69, 9.17) is 4.74 Å². The number of hydrogen-bond acceptors (Lipinski definition) is 3. The van der Waals surface area contributed by atoms with Gasteiger partial charge in [0.15, 0.2) is 5.69 Å². The largest absolute Gasteiger partial charge is 0.477 e. The molecule has 0 aliphatic carbocycles. The first-order valence-corrected chi connectivity index (χ1v) is 7.88. The van der Waals surface area contributed by atoms with Crippen LogP contribution in [0.1, 0.15) is 10.5 Å². The highest BCUT2D eigenvalue weighted by Gasteiger charge is 2.26. The van der Waals surface area contributed by atoms with Gasteiger partial charge in [0.05, 0.1) is 18.9 Å². The van der Waals surface area contributed by atoms with Gasteiger partial charge in [-0.05, 0) is 17.7 Å². The summed E-state index contributed by atoms with van der Waals surface area (Å²) in [6.45, 7) is 2.64. The van der Waals surface area contributed by atoms with Crippen molar-refractivity contribution in [2.75, 3.05) is 31.2 Å². The maximum absolute atomic E-state index is 11.7. The number of aromatic carboxylic acids is 1. The molecule has 1 aromatic carbocycles. The number of benzene rings is 1. The number of morpholine rings is 1. The highest BCUT2D eigenvalue weighted by molar-refractivity contribution is 9.10. The summed E-state index contributed by atoms with van der Waals surface area (Å²) in [5.74, 6) is -0.910. The Balaban J connectivity index is 2.14. The van der Waals surface area contributed by atoms with Crippen molar-refractivity contribution in [2.45, 2.75) is 0 Å². The fourth-order valence-electron chi connectivity index (χ4n) is 2.81. The fourth-order valence-corrected chi connectivity index (χ4v) is 3.08. The van der Waals surface area contributed by atoms with Crippen molar-refractivity contribution in [3.63, 3.8) is 0 Å². The number of carbonyl (C=O) groups is 1. The van der Waals surface area contributed by atoms with E-state index in [1.165, 1.54) is 0 Å². The average molecular weight is 365 g/mol. The smallest absolute Gasteiger partial charge is 0.354 e. The second kappa shape index (κ2) is 6.14. The van der Waals surface area contributed by atoms with Crippen molar-refractivity contribution in [2.24, 2.45) is 7.05 Å². The number of halogens is 1. The van der Waals surface area contributed by atoms with Gasteiger partial charge in [-0.1, -0.05) is 28.1 Å². The molecule has 1 aliphatic heterocycles. The lowest BCUT2D eigenvalue weighted by Crippen LogP contribution is -2.37. The number of carboxylic acid groups (broad SMARTS) is 1. The Hall–Kier alpha value is -1.79. The van der Waals surface area contributed by atoms with Crippen LogP contribution in [-0.4, -0.2) is 41.9 Å². The molecule has 3 rings (SSSR count). The zero-order valence-corrected chi connectivity index (χ0v) is 13.8. The molecule has 0 unspecified atom stereocenters. The zero-order valence-electron chi connectivity index (χ0n) is 12.3. The molecule has 1 aliphatic rings. The summed E-state index contributed by atoms with van der Waals surface area (Å²) >= 11 is 3.43. The summed E-state index contributed by atoms with van der Waals surface area (Å²) in [5.41, 5.74) is 3.04. The minimum absolute atomic E-state index is 0.319. The lowest BCUT2D eigenvalue weighted by Gasteiger charge is -2.29. The predicted molar refractivity (Wildman–Crippen MR) is 88.5 cm³/mol. The van der Waals surface area contributed by atoms with E-state index in [1.54, 1.807) is 11.6 Å². The van der Waals surface area contributed by atoms with Gasteiger partial charge in [-0.3, -0.25) is 0 Å². The molecule has 2 aromatic rings. The van der Waals surface area contributed by atoms with Crippen LogP contribution in [0.5, 0.6) is 0 Å². The van der Waals surface area contributed by atoms with Crippen LogP contribution in [0.2, 0.25) is 0 Å². The fraction of sp³-hybridized carbons (Fsp3) is 0.312. The molecule has 5 nitrogen and oxygen atoms in total. The van der Waals surface area contributed by atoms with Gasteiger partial charge in [-0.2, -0.15) is 0 Å². The topological polar surface area (TPSA) is 54.7 Å². The Kier molecular flexibility index (Phi) is 4.22. The predicted octanol–water partition coefficient (Wildman–Crippen LogP) is 2.99. The Morgan fingerprint density at radius 1 is 1.23 bits per heavy atom. The molecule has 116 valence electrons. The minimum Gasteiger partial charge on any atom is -0.477 e. The molecule has 0 saturated carbocycles. The summed E-state index contributed by atoms with van der Waals surface area (Å²) in [5, 5.41) is 9.60. The zero-order chi connectivity index (χ0) is 15.7. The van der Waals surface area contributed by atoms with Crippen molar-refractivity contribution in [1.29, 1.82) is 0 Å². The number of aromatic nitrogens is 1. The Labute approximate surface area is 137 Å². The molecule has 22 heavy (non-hydrogen) atoms. The Morgan fingerprint density at radius 2 is 1.86 bits per heavy atom. The third kappa shape index (κ3) is 2.76. The number of aryl methyl sites for hydroxylation is 1. The summed E-state index contributed by atoms with van der Waals surface area (Å²) < 4.78 is 8.07. The summed E-state index contributed by atoms with van der Waals surface area (Å²) in [6, 6.07) is 7.92. The van der Waals surface area contributed by atoms with Crippen LogP contribution < -0.4 is 4.90 Å². The Bertz CT molecular complexity index is 688. The number of hydrogen-bond donors (Lipinski definition) is 1. The van der Waals surface area contributed by atoms with Crippen LogP contribution in [0, 0.1) is 0 Å². The van der Waals surface area contributed by atoms with E-state index in [9.17, 15) is 9.90 Å². The van der Waals surface area contributed by atoms with Crippen molar-refractivity contribution < 1.29 is 14.6 Å². The monoisotopic (exact) mass is 364 g/mol. The third-order valence-electron chi connectivity index (χ3n) is 3.84. The van der Waals surface area contributed by atoms with Gasteiger partial charge in [0.2, 0.25) is 0 Å². The van der Waals surface area contributed by atoms with Gasteiger partial charge >= 0.3 is 5.97 Å². The first-order chi connectivity index (χ1) is 10.6. The molecular formula is C16H17BrN2O3. The average Bonchev–Trinajstić information content (AvgIpc) is 2.86. The summed E-state index contributed by atoms with van der Waals surface area (Å²) in [7, 11) is 1.77. The molecular weight excluding hydrogens is 348 g/mol. The molecule has 2 heterocycles. The molecule has 1 saturated heterocycles. The van der Waals surface area contributed by atoms with Gasteiger partial charge in [-0.25, -0.2) is 4.79 Å². The first kappa shape index (κ1) is 15.1. The van der Waals surface area contributed by atoms with Crippen molar-refractivity contribution in [1.82, 2.24) is 4.57 Å². The standard InChI is InChI=1S/C16H17BrN2O3/c1-18-10-13(11-2-4-12(17)5-3-11)14(15(18)16(20)21)19-6-8-22-9-7-19/h2-5,10H,6-9H2,1H3,(H,20,21). The number of rotatable bonds is 3. The van der Waals surface area contributed by atoms with Crippen LogP contribution >= 0.6 is 15.9 Å². The third-order valence-corrected chi connectivity index (χ3v) is 4.37. The molecule has 1 aromatic heterocycles. The van der Waals surface area contributed by atoms with Gasteiger partial charge in [0.1, 0.15) is 0 Å². The minimum atomic E-state index is -0.910. The molecule has 6 heteroatoms. The molecule has 0 radical (unpaired) electrons. The molecule has 0 bridgehead atoms. The van der Waals surface area contributed by atoms with Gasteiger partial charge in [0.25, 0.3) is 0 Å². The van der Waals surface area contributed by atoms with E-state index in [2.05, 4.69) is 20.8 Å². The lowest BCUT2D eigenvalue weighted by molar-refractivity contribution is 0.0686. The Morgan fingerprint density at radius 3 is 2.45 bits per heavy atom. The lowest BCUT2D eigenvalue weighted by atomic mass is 10.1. The van der Waals surface area contributed by atoms with Crippen LogP contribution in [0.4, 0.5) is 5.69 Å². The second-order valence-corrected chi connectivity index (χ2v) is 6.18. The van der Waals surface area contributed by atoms with Crippen LogP contribution in [0.15, 0.2) is 34.9 Å². The van der Waals surface area contributed by atoms with Gasteiger partial charge in [-0.15, -0.1) is 0 Å². The molecule has 0 spiro atoms. The van der Waals surface area contributed by atoms with E-state index in [0.29, 0.717) is 32.0 Å². The van der Waals surface area contributed by atoms with Gasteiger partial charge in [0, 0.05) is 36.4 Å². The second-order valence-electron chi connectivity index (χ2n) is 5.26. The van der Waals surface area contributed by atoms with Crippen molar-refractivity contribution >= 4 is 27.6 Å². The number of anilines is 1. The number of nitrogens with zero attached hydrogens (tertiary/aromatic N) is 2. The van der Waals surface area contributed by atoms with Crippen LogP contribution in [0.3, 0.4) is 0 Å². The van der Waals surface area contributed by atoms with Crippen molar-refractivity contribution in [3.05, 3.63) is 40.6 Å². The first-order valence-electron chi connectivity index (χ1n) is 7.09. The number of carboxylic acids is 1. The van der Waals surface area contributed by atoms with Gasteiger partial charge < -0.3 is 19.3 Å². The summed E-state index contributed by atoms with van der Waals surface area (Å²) in [6.07, 6.45) is 1.89. The van der Waals surface area contributed by atoms with E-state index in [-0.39, 0.29) is 0 Å². The van der Waals surface area contributed by atoms with E-state index >= 15 is 0 Å². The SMILES string of the molecule is Cn1cc(-c2ccc(Br)cc2)c(N2CCOCC2)c1C(=O)O. The summed E-state index contributed by atoms with van der Waals surface area (Å²) in [4.78, 5) is 13.8. The normalized spacial score (nSPS) is 15.1.